The number of alkyl carbamates (subject to hydrolysis) is 1. The largest absolute Gasteiger partial charge is 0.444 e. The van der Waals surface area contributed by atoms with Gasteiger partial charge in [-0.1, -0.05) is 18.6 Å². The molecule has 2 aliphatic heterocycles. The van der Waals surface area contributed by atoms with Gasteiger partial charge in [-0.15, -0.1) is 0 Å². The predicted molar refractivity (Wildman–Crippen MR) is 136 cm³/mol. The summed E-state index contributed by atoms with van der Waals surface area (Å²) in [6.45, 7) is 5.01. The van der Waals surface area contributed by atoms with Crippen molar-refractivity contribution in [3.05, 3.63) is 12.2 Å². The number of sulfonamides is 1. The van der Waals surface area contributed by atoms with Gasteiger partial charge in [-0.2, -0.15) is 0 Å². The molecule has 0 unspecified atom stereocenters. The third-order valence-electron chi connectivity index (χ3n) is 7.30. The molecule has 4 aliphatic rings. The van der Waals surface area contributed by atoms with Crippen LogP contribution in [0.1, 0.15) is 72.1 Å². The first-order valence-electron chi connectivity index (χ1n) is 13.2. The number of aliphatic hydroxyl groups excluding tert-OH is 1. The smallest absolute Gasteiger partial charge is 0.408 e. The molecule has 2 saturated carbocycles. The minimum Gasteiger partial charge on any atom is -0.444 e. The Morgan fingerprint density at radius 3 is 2.55 bits per heavy atom. The molecule has 1 saturated heterocycles. The molecule has 212 valence electrons. The molecule has 2 heterocycles. The highest BCUT2D eigenvalue weighted by molar-refractivity contribution is 7.91. The first-order chi connectivity index (χ1) is 17.7. The van der Waals surface area contributed by atoms with Gasteiger partial charge in [0.05, 0.1) is 11.4 Å². The van der Waals surface area contributed by atoms with Crippen molar-refractivity contribution in [1.29, 1.82) is 0 Å². The number of hydrogen-bond donors (Lipinski definition) is 4. The number of ether oxygens (including phenoxy) is 1. The number of nitrogens with zero attached hydrogens (tertiary/aromatic N) is 1. The molecule has 0 aromatic heterocycles. The first kappa shape index (κ1) is 28.3. The number of nitrogens with one attached hydrogen (secondary N) is 3. The van der Waals surface area contributed by atoms with Crippen LogP contribution in [0.15, 0.2) is 12.2 Å². The average Bonchev–Trinajstić information content (AvgIpc) is 3.71. The van der Waals surface area contributed by atoms with E-state index in [0.717, 1.165) is 0 Å². The maximum absolute atomic E-state index is 13.6. The summed E-state index contributed by atoms with van der Waals surface area (Å²) in [4.78, 5) is 53.9. The van der Waals surface area contributed by atoms with Crippen molar-refractivity contribution < 1.29 is 37.4 Å². The number of carbonyl (C=O) groups is 4. The van der Waals surface area contributed by atoms with Gasteiger partial charge in [-0.05, 0) is 59.3 Å². The van der Waals surface area contributed by atoms with E-state index in [1.54, 1.807) is 20.8 Å². The molecular formula is C25H38N4O8S. The molecule has 0 radical (unpaired) electrons. The fourth-order valence-electron chi connectivity index (χ4n) is 5.05. The van der Waals surface area contributed by atoms with Crippen LogP contribution in [0.2, 0.25) is 0 Å². The number of carbonyl (C=O) groups excluding carboxylic acids is 4. The van der Waals surface area contributed by atoms with Crippen LogP contribution < -0.4 is 15.4 Å². The van der Waals surface area contributed by atoms with Gasteiger partial charge >= 0.3 is 6.09 Å². The van der Waals surface area contributed by atoms with Crippen LogP contribution in [0.4, 0.5) is 4.79 Å². The number of hydrogen-bond acceptors (Lipinski definition) is 8. The van der Waals surface area contributed by atoms with Crippen LogP contribution in [0.25, 0.3) is 0 Å². The number of rotatable bonds is 4. The second-order valence-corrected chi connectivity index (χ2v) is 13.7. The molecule has 12 nitrogen and oxygen atoms in total. The lowest BCUT2D eigenvalue weighted by Gasteiger charge is -2.30. The van der Waals surface area contributed by atoms with Crippen molar-refractivity contribution >= 4 is 33.8 Å². The van der Waals surface area contributed by atoms with Crippen molar-refractivity contribution in [2.75, 3.05) is 6.54 Å². The highest BCUT2D eigenvalue weighted by atomic mass is 32.2. The lowest BCUT2D eigenvalue weighted by molar-refractivity contribution is -0.141. The second kappa shape index (κ2) is 10.5. The summed E-state index contributed by atoms with van der Waals surface area (Å²) in [5.41, 5.74) is -2.22. The first-order valence-corrected chi connectivity index (χ1v) is 14.8. The summed E-state index contributed by atoms with van der Waals surface area (Å²) < 4.78 is 32.3. The number of fused-ring (bicyclic) bond motifs is 2. The minimum absolute atomic E-state index is 0.0463. The van der Waals surface area contributed by atoms with Gasteiger partial charge < -0.3 is 25.4 Å². The van der Waals surface area contributed by atoms with E-state index >= 15 is 0 Å². The Balaban J connectivity index is 1.56. The zero-order chi connectivity index (χ0) is 27.9. The average molecular weight is 555 g/mol. The number of amides is 4. The standard InChI is InChI=1S/C25H38N4O8S/c1-24(2,3)37-23(34)26-18-9-7-5-4-6-8-15-13-25(15,22(33)28-38(35,36)17-10-11-17)27-20(31)19-12-16(30)14-29(19)21(18)32/h6,8,15-19,30H,4-5,7,9-14H2,1-3H3,(H,26,34)(H,27,31)(H,28,33)/b8-6-/t15-,16-,18+,19+,25-/m1/s1. The summed E-state index contributed by atoms with van der Waals surface area (Å²) in [6.07, 6.45) is 5.39. The van der Waals surface area contributed by atoms with E-state index in [0.29, 0.717) is 38.5 Å². The lowest BCUT2D eigenvalue weighted by Crippen LogP contribution is -2.58. The van der Waals surface area contributed by atoms with E-state index in [4.69, 9.17) is 4.74 Å². The molecular weight excluding hydrogens is 516 g/mol. The summed E-state index contributed by atoms with van der Waals surface area (Å²) >= 11 is 0. The molecule has 2 aliphatic carbocycles. The Bertz CT molecular complexity index is 1110. The second-order valence-electron chi connectivity index (χ2n) is 11.8. The molecule has 0 bridgehead atoms. The molecule has 0 spiro atoms. The summed E-state index contributed by atoms with van der Waals surface area (Å²) in [6, 6.07) is -2.05. The SMILES string of the molecule is CC(C)(C)OC(=O)N[C@H]1CCCC/C=C\[C@@H]2C[C@@]2(C(=O)NS(=O)(=O)C2CC2)NC(=O)[C@@H]2C[C@@H](O)CN2C1=O. The predicted octanol–water partition coefficient (Wildman–Crippen LogP) is 0.455. The Morgan fingerprint density at radius 2 is 1.89 bits per heavy atom. The van der Waals surface area contributed by atoms with Crippen LogP contribution in [0.3, 0.4) is 0 Å². The Hall–Kier alpha value is -2.67. The zero-order valence-corrected chi connectivity index (χ0v) is 22.9. The molecule has 5 atom stereocenters. The third kappa shape index (κ3) is 6.48. The maximum Gasteiger partial charge on any atom is 0.408 e. The summed E-state index contributed by atoms with van der Waals surface area (Å²) in [7, 11) is -3.82. The van der Waals surface area contributed by atoms with Crippen LogP contribution in [0, 0.1) is 5.92 Å². The van der Waals surface area contributed by atoms with Crippen LogP contribution in [-0.2, 0) is 29.1 Å². The van der Waals surface area contributed by atoms with Crippen molar-refractivity contribution in [3.8, 4) is 0 Å². The molecule has 4 amide bonds. The quantitative estimate of drug-likeness (QED) is 0.363. The third-order valence-corrected chi connectivity index (χ3v) is 9.12. The van der Waals surface area contributed by atoms with Gasteiger partial charge in [-0.3, -0.25) is 19.1 Å². The van der Waals surface area contributed by atoms with Gasteiger partial charge in [0.25, 0.3) is 5.91 Å². The van der Waals surface area contributed by atoms with Gasteiger partial charge in [0.15, 0.2) is 0 Å². The van der Waals surface area contributed by atoms with Crippen LogP contribution >= 0.6 is 0 Å². The van der Waals surface area contributed by atoms with Crippen molar-refractivity contribution in [2.24, 2.45) is 5.92 Å². The molecule has 13 heteroatoms. The van der Waals surface area contributed by atoms with E-state index < -0.39 is 68.4 Å². The van der Waals surface area contributed by atoms with Gasteiger partial charge in [0, 0.05) is 18.9 Å². The van der Waals surface area contributed by atoms with E-state index in [1.807, 2.05) is 12.2 Å². The van der Waals surface area contributed by atoms with E-state index in [-0.39, 0.29) is 25.3 Å². The lowest BCUT2D eigenvalue weighted by atomic mass is 10.0. The van der Waals surface area contributed by atoms with E-state index in [2.05, 4.69) is 15.4 Å². The van der Waals surface area contributed by atoms with Gasteiger partial charge in [-0.25, -0.2) is 13.2 Å². The number of allylic oxidation sites excluding steroid dienone is 1. The Labute approximate surface area is 223 Å². The highest BCUT2D eigenvalue weighted by Gasteiger charge is 2.62. The van der Waals surface area contributed by atoms with Crippen LogP contribution in [0.5, 0.6) is 0 Å². The topological polar surface area (TPSA) is 171 Å². The molecule has 38 heavy (non-hydrogen) atoms. The summed E-state index contributed by atoms with van der Waals surface area (Å²) in [5, 5.41) is 15.1. The van der Waals surface area contributed by atoms with Crippen molar-refractivity contribution in [3.63, 3.8) is 0 Å². The number of aliphatic hydroxyl groups is 1. The fourth-order valence-corrected chi connectivity index (χ4v) is 6.42. The molecule has 3 fully saturated rings. The Morgan fingerprint density at radius 1 is 1.18 bits per heavy atom. The highest BCUT2D eigenvalue weighted by Crippen LogP contribution is 2.46. The Kier molecular flexibility index (Phi) is 7.81. The van der Waals surface area contributed by atoms with E-state index in [9.17, 15) is 32.7 Å². The van der Waals surface area contributed by atoms with Crippen LogP contribution in [-0.4, -0.2) is 83.4 Å². The molecule has 0 aromatic rings. The molecule has 4 rings (SSSR count). The molecule has 0 aromatic carbocycles. The van der Waals surface area contributed by atoms with Gasteiger partial charge in [0.2, 0.25) is 21.8 Å². The van der Waals surface area contributed by atoms with Crippen molar-refractivity contribution in [1.82, 2.24) is 20.3 Å². The maximum atomic E-state index is 13.6. The van der Waals surface area contributed by atoms with Crippen molar-refractivity contribution in [2.45, 2.75) is 107 Å². The summed E-state index contributed by atoms with van der Waals surface area (Å²) in [5.74, 6) is -2.36. The minimum atomic E-state index is -3.82. The van der Waals surface area contributed by atoms with E-state index in [1.165, 1.54) is 4.90 Å². The normalized spacial score (nSPS) is 33.2. The fraction of sp³-hybridized carbons (Fsp3) is 0.760. The molecule has 4 N–H and O–H groups in total. The van der Waals surface area contributed by atoms with Gasteiger partial charge in [0.1, 0.15) is 23.2 Å². The zero-order valence-electron chi connectivity index (χ0n) is 22.1. The monoisotopic (exact) mass is 554 g/mol.